The van der Waals surface area contributed by atoms with E-state index in [-0.39, 0.29) is 29.7 Å². The van der Waals surface area contributed by atoms with Gasteiger partial charge in [0.15, 0.2) is 23.1 Å². The van der Waals surface area contributed by atoms with E-state index in [1.807, 2.05) is 0 Å². The normalized spacial score (nSPS) is 15.0. The number of benzene rings is 2. The number of nitrogens with zero attached hydrogens (tertiary/aromatic N) is 2. The van der Waals surface area contributed by atoms with Crippen molar-refractivity contribution < 1.29 is 33.0 Å². The number of pyridine rings is 1. The molecule has 0 atom stereocenters. The lowest BCUT2D eigenvalue weighted by Gasteiger charge is -2.16. The Balaban J connectivity index is 1.67. The summed E-state index contributed by atoms with van der Waals surface area (Å²) in [5, 5.41) is 11.5. The molecule has 0 bridgehead atoms. The third kappa shape index (κ3) is 4.98. The highest BCUT2D eigenvalue weighted by molar-refractivity contribution is 5.86. The molecular weight excluding hydrogens is 411 g/mol. The molecule has 10 heteroatoms. The largest absolute Gasteiger partial charge is 0.486 e. The quantitative estimate of drug-likeness (QED) is 0.456. The van der Waals surface area contributed by atoms with Gasteiger partial charge in [-0.1, -0.05) is 12.1 Å². The fraction of sp³-hybridized carbons (Fsp3) is 0.286. The van der Waals surface area contributed by atoms with Crippen molar-refractivity contribution in [3.05, 3.63) is 58.4 Å². The number of fused-ring (bicyclic) bond motifs is 2. The second-order valence-electron chi connectivity index (χ2n) is 6.52. The predicted molar refractivity (Wildman–Crippen MR) is 107 cm³/mol. The minimum atomic E-state index is -0.853. The molecule has 0 aliphatic carbocycles. The van der Waals surface area contributed by atoms with E-state index < -0.39 is 10.7 Å². The van der Waals surface area contributed by atoms with Crippen molar-refractivity contribution in [1.29, 1.82) is 0 Å². The second-order valence-corrected chi connectivity index (χ2v) is 6.52. The minimum Gasteiger partial charge on any atom is -0.486 e. The average Bonchev–Trinajstić information content (AvgIpc) is 2.75. The first kappa shape index (κ1) is 20.8. The summed E-state index contributed by atoms with van der Waals surface area (Å²) < 4.78 is 42.3. The smallest absolute Gasteiger partial charge is 0.272 e. The molecule has 0 amide bonds. The third-order valence-corrected chi connectivity index (χ3v) is 4.41. The second kappa shape index (κ2) is 9.54. The Morgan fingerprint density at radius 1 is 0.935 bits per heavy atom. The first-order chi connectivity index (χ1) is 15.1. The summed E-state index contributed by atoms with van der Waals surface area (Å²) in [5.74, 6) is -0.0563. The van der Waals surface area contributed by atoms with Crippen LogP contribution in [0.4, 0.5) is 10.1 Å². The van der Waals surface area contributed by atoms with Crippen LogP contribution in [0, 0.1) is 15.9 Å². The average molecular weight is 430 g/mol. The fourth-order valence-corrected chi connectivity index (χ4v) is 2.96. The fourth-order valence-electron chi connectivity index (χ4n) is 2.96. The van der Waals surface area contributed by atoms with Gasteiger partial charge in [0.1, 0.15) is 18.7 Å². The molecule has 0 saturated heterocycles. The van der Waals surface area contributed by atoms with Gasteiger partial charge in [0.2, 0.25) is 0 Å². The van der Waals surface area contributed by atoms with E-state index in [4.69, 9.17) is 23.7 Å². The highest BCUT2D eigenvalue weighted by Crippen LogP contribution is 2.36. The number of halogens is 1. The van der Waals surface area contributed by atoms with Gasteiger partial charge in [-0.3, -0.25) is 10.1 Å². The van der Waals surface area contributed by atoms with Crippen molar-refractivity contribution in [2.45, 2.75) is 0 Å². The van der Waals surface area contributed by atoms with Crippen LogP contribution in [0.2, 0.25) is 0 Å². The zero-order valence-corrected chi connectivity index (χ0v) is 16.4. The highest BCUT2D eigenvalue weighted by Gasteiger charge is 2.17. The summed E-state index contributed by atoms with van der Waals surface area (Å²) in [6.07, 6.45) is 0. The van der Waals surface area contributed by atoms with E-state index in [0.29, 0.717) is 49.7 Å². The van der Waals surface area contributed by atoms with Gasteiger partial charge in [-0.25, -0.2) is 9.37 Å². The first-order valence-electron chi connectivity index (χ1n) is 9.58. The Morgan fingerprint density at radius 2 is 1.68 bits per heavy atom. The van der Waals surface area contributed by atoms with Gasteiger partial charge in [0.05, 0.1) is 37.4 Å². The highest BCUT2D eigenvalue weighted by atomic mass is 19.1. The van der Waals surface area contributed by atoms with Gasteiger partial charge in [-0.05, 0) is 18.2 Å². The number of aromatic nitrogens is 1. The molecule has 1 aliphatic heterocycles. The van der Waals surface area contributed by atoms with Crippen molar-refractivity contribution in [2.75, 3.05) is 39.6 Å². The van der Waals surface area contributed by atoms with Gasteiger partial charge < -0.3 is 23.7 Å². The molecule has 0 radical (unpaired) electrons. The summed E-state index contributed by atoms with van der Waals surface area (Å²) in [4.78, 5) is 14.7. The molecule has 2 heterocycles. The molecule has 1 aromatic heterocycles. The van der Waals surface area contributed by atoms with E-state index in [9.17, 15) is 14.5 Å². The molecule has 0 unspecified atom stereocenters. The van der Waals surface area contributed by atoms with Crippen LogP contribution in [0.25, 0.3) is 10.9 Å². The minimum absolute atomic E-state index is 0.157. The number of nitro benzene ring substituents is 1. The first-order valence-corrected chi connectivity index (χ1v) is 9.58. The van der Waals surface area contributed by atoms with Gasteiger partial charge in [0.25, 0.3) is 11.6 Å². The lowest BCUT2D eigenvalue weighted by Crippen LogP contribution is -2.16. The van der Waals surface area contributed by atoms with Gasteiger partial charge in [-0.15, -0.1) is 0 Å². The number of non-ortho nitro benzene ring substituents is 1. The van der Waals surface area contributed by atoms with E-state index >= 15 is 0 Å². The lowest BCUT2D eigenvalue weighted by atomic mass is 10.2. The molecule has 2 aromatic carbocycles. The number of hydrogen-bond donors (Lipinski definition) is 0. The zero-order valence-electron chi connectivity index (χ0n) is 16.4. The van der Waals surface area contributed by atoms with Crippen molar-refractivity contribution in [1.82, 2.24) is 4.98 Å². The standard InChI is InChI=1S/C21H19FN2O7/c22-16-13-15(24(25)26)4-5-17(16)31-18-3-1-2-14-12-19-21(23-20(14)18)30-11-9-28-7-6-27-8-10-29-19/h1-5,12-13H,6-11H2. The molecule has 9 nitrogen and oxygen atoms in total. The Bertz CT molecular complexity index is 1090. The van der Waals surface area contributed by atoms with Gasteiger partial charge >= 0.3 is 0 Å². The van der Waals surface area contributed by atoms with Crippen molar-refractivity contribution >= 4 is 16.6 Å². The molecule has 3 aromatic rings. The summed E-state index contributed by atoms with van der Waals surface area (Å²) in [6, 6.07) is 10.1. The Kier molecular flexibility index (Phi) is 6.39. The molecule has 162 valence electrons. The van der Waals surface area contributed by atoms with Crippen LogP contribution in [-0.4, -0.2) is 49.5 Å². The van der Waals surface area contributed by atoms with Gasteiger partial charge in [-0.2, -0.15) is 0 Å². The van der Waals surface area contributed by atoms with Crippen molar-refractivity contribution in [3.8, 4) is 23.1 Å². The van der Waals surface area contributed by atoms with E-state index in [0.717, 1.165) is 6.07 Å². The number of rotatable bonds is 3. The van der Waals surface area contributed by atoms with Crippen LogP contribution in [0.1, 0.15) is 0 Å². The van der Waals surface area contributed by atoms with Crippen LogP contribution in [0.3, 0.4) is 0 Å². The van der Waals surface area contributed by atoms with Crippen molar-refractivity contribution in [2.24, 2.45) is 0 Å². The SMILES string of the molecule is O=[N+]([O-])c1ccc(Oc2cccc3cc4c(nc23)OCCOCCOCCO4)c(F)c1. The number of ether oxygens (including phenoxy) is 5. The van der Waals surface area contributed by atoms with Crippen LogP contribution in [0.5, 0.6) is 23.1 Å². The van der Waals surface area contributed by atoms with Crippen LogP contribution in [-0.2, 0) is 9.47 Å². The van der Waals surface area contributed by atoms with Crippen molar-refractivity contribution in [3.63, 3.8) is 0 Å². The van der Waals surface area contributed by atoms with E-state index in [2.05, 4.69) is 4.98 Å². The molecule has 4 rings (SSSR count). The molecule has 0 spiro atoms. The predicted octanol–water partition coefficient (Wildman–Crippen LogP) is 3.88. The molecular formula is C21H19FN2O7. The monoisotopic (exact) mass is 430 g/mol. The topological polar surface area (TPSA) is 102 Å². The Morgan fingerprint density at radius 3 is 2.42 bits per heavy atom. The zero-order chi connectivity index (χ0) is 21.6. The van der Waals surface area contributed by atoms with E-state index in [1.165, 1.54) is 12.1 Å². The molecule has 31 heavy (non-hydrogen) atoms. The van der Waals surface area contributed by atoms with Gasteiger partial charge in [0, 0.05) is 11.5 Å². The summed E-state index contributed by atoms with van der Waals surface area (Å²) in [6.45, 7) is 2.26. The van der Waals surface area contributed by atoms with Crippen LogP contribution in [0.15, 0.2) is 42.5 Å². The maximum atomic E-state index is 14.3. The molecule has 1 aliphatic rings. The number of para-hydroxylation sites is 1. The summed E-state index contributed by atoms with van der Waals surface area (Å²) in [5.41, 5.74) is 0.0598. The maximum absolute atomic E-state index is 14.3. The maximum Gasteiger partial charge on any atom is 0.272 e. The molecule has 0 fully saturated rings. The molecule has 0 saturated carbocycles. The third-order valence-electron chi connectivity index (χ3n) is 4.41. The Labute approximate surface area is 176 Å². The van der Waals surface area contributed by atoms with Crippen LogP contribution >= 0.6 is 0 Å². The number of hydrogen-bond acceptors (Lipinski definition) is 8. The summed E-state index contributed by atoms with van der Waals surface area (Å²) in [7, 11) is 0. The van der Waals surface area contributed by atoms with E-state index in [1.54, 1.807) is 24.3 Å². The Hall–Kier alpha value is -3.50. The summed E-state index contributed by atoms with van der Waals surface area (Å²) >= 11 is 0. The molecule has 0 N–H and O–H groups in total. The lowest BCUT2D eigenvalue weighted by molar-refractivity contribution is -0.385. The number of nitro groups is 1. The van der Waals surface area contributed by atoms with Crippen LogP contribution < -0.4 is 14.2 Å².